The van der Waals surface area contributed by atoms with Crippen LogP contribution in [-0.2, 0) is 10.0 Å². The van der Waals surface area contributed by atoms with Crippen molar-refractivity contribution in [2.45, 2.75) is 24.3 Å². The second-order valence-electron chi connectivity index (χ2n) is 6.68. The van der Waals surface area contributed by atoms with Gasteiger partial charge in [0.25, 0.3) is 10.0 Å². The number of rotatable bonds is 4. The molecule has 1 aliphatic rings. The van der Waals surface area contributed by atoms with Crippen LogP contribution in [-0.4, -0.2) is 14.1 Å². The topological polar surface area (TPSA) is 67.8 Å². The van der Waals surface area contributed by atoms with Gasteiger partial charge in [-0.2, -0.15) is 18.4 Å². The molecule has 1 aliphatic heterocycles. The van der Waals surface area contributed by atoms with Crippen LogP contribution in [0.15, 0.2) is 88.9 Å². The SMILES string of the molecule is Cc1ccc(S(=O)(=O)N/N=C2\CC(c3ccccc3)Oc3ccccc32)cc1. The van der Waals surface area contributed by atoms with E-state index < -0.39 is 10.0 Å². The van der Waals surface area contributed by atoms with Crippen LogP contribution in [0.3, 0.4) is 0 Å². The number of aryl methyl sites for hydroxylation is 1. The lowest BCUT2D eigenvalue weighted by Crippen LogP contribution is -2.25. The van der Waals surface area contributed by atoms with Gasteiger partial charge in [0.15, 0.2) is 0 Å². The van der Waals surface area contributed by atoms with Crippen molar-refractivity contribution in [2.75, 3.05) is 0 Å². The van der Waals surface area contributed by atoms with Gasteiger partial charge < -0.3 is 4.74 Å². The number of ether oxygens (including phenoxy) is 1. The van der Waals surface area contributed by atoms with E-state index in [-0.39, 0.29) is 11.0 Å². The molecule has 0 fully saturated rings. The molecule has 0 saturated heterocycles. The molecule has 3 aromatic carbocycles. The molecule has 1 unspecified atom stereocenters. The number of nitrogens with one attached hydrogen (secondary N) is 1. The Labute approximate surface area is 164 Å². The zero-order chi connectivity index (χ0) is 19.6. The lowest BCUT2D eigenvalue weighted by molar-refractivity contribution is 0.206. The highest BCUT2D eigenvalue weighted by Crippen LogP contribution is 2.35. The molecule has 3 aromatic rings. The first-order valence-corrected chi connectivity index (χ1v) is 10.5. The highest BCUT2D eigenvalue weighted by molar-refractivity contribution is 7.89. The van der Waals surface area contributed by atoms with E-state index in [1.807, 2.05) is 61.5 Å². The third kappa shape index (κ3) is 3.77. The molecule has 28 heavy (non-hydrogen) atoms. The summed E-state index contributed by atoms with van der Waals surface area (Å²) in [6, 6.07) is 24.0. The van der Waals surface area contributed by atoms with E-state index in [0.717, 1.165) is 16.7 Å². The first-order valence-electron chi connectivity index (χ1n) is 8.99. The van der Waals surface area contributed by atoms with E-state index in [1.54, 1.807) is 24.3 Å². The maximum atomic E-state index is 12.6. The Balaban J connectivity index is 1.66. The third-order valence-electron chi connectivity index (χ3n) is 4.65. The van der Waals surface area contributed by atoms with Crippen molar-refractivity contribution in [1.82, 2.24) is 4.83 Å². The molecule has 1 N–H and O–H groups in total. The summed E-state index contributed by atoms with van der Waals surface area (Å²) in [7, 11) is -3.74. The molecular formula is C22H20N2O3S. The van der Waals surface area contributed by atoms with Crippen LogP contribution < -0.4 is 9.57 Å². The summed E-state index contributed by atoms with van der Waals surface area (Å²) in [6.07, 6.45) is 0.246. The Kier molecular flexibility index (Phi) is 4.88. The van der Waals surface area contributed by atoms with Gasteiger partial charge in [0.05, 0.1) is 10.6 Å². The number of fused-ring (bicyclic) bond motifs is 1. The fourth-order valence-electron chi connectivity index (χ4n) is 3.13. The molecule has 0 amide bonds. The molecular weight excluding hydrogens is 372 g/mol. The number of hydrazone groups is 1. The summed E-state index contributed by atoms with van der Waals surface area (Å²) >= 11 is 0. The van der Waals surface area contributed by atoms with Crippen LogP contribution in [0.5, 0.6) is 5.75 Å². The zero-order valence-electron chi connectivity index (χ0n) is 15.4. The van der Waals surface area contributed by atoms with Gasteiger partial charge in [-0.15, -0.1) is 0 Å². The van der Waals surface area contributed by atoms with Crippen molar-refractivity contribution in [3.63, 3.8) is 0 Å². The minimum Gasteiger partial charge on any atom is -0.485 e. The van der Waals surface area contributed by atoms with Crippen LogP contribution in [0.25, 0.3) is 0 Å². The summed E-state index contributed by atoms with van der Waals surface area (Å²) in [5.74, 6) is 0.691. The van der Waals surface area contributed by atoms with Crippen molar-refractivity contribution in [1.29, 1.82) is 0 Å². The van der Waals surface area contributed by atoms with Gasteiger partial charge in [0, 0.05) is 12.0 Å². The van der Waals surface area contributed by atoms with Crippen molar-refractivity contribution >= 4 is 15.7 Å². The standard InChI is InChI=1S/C22H20N2O3S/c1-16-11-13-18(14-12-16)28(25,26)24-23-20-15-22(17-7-3-2-4-8-17)27-21-10-6-5-9-19(20)21/h2-14,22,24H,15H2,1H3/b23-20+. The van der Waals surface area contributed by atoms with E-state index in [2.05, 4.69) is 9.93 Å². The van der Waals surface area contributed by atoms with Gasteiger partial charge in [0.2, 0.25) is 0 Å². The first-order chi connectivity index (χ1) is 13.5. The molecule has 5 nitrogen and oxygen atoms in total. The molecule has 1 heterocycles. The van der Waals surface area contributed by atoms with Crippen LogP contribution in [0.2, 0.25) is 0 Å². The molecule has 0 spiro atoms. The molecule has 142 valence electrons. The third-order valence-corrected chi connectivity index (χ3v) is 5.87. The van der Waals surface area contributed by atoms with Crippen molar-refractivity contribution in [2.24, 2.45) is 5.10 Å². The lowest BCUT2D eigenvalue weighted by Gasteiger charge is -2.27. The molecule has 6 heteroatoms. The van der Waals surface area contributed by atoms with E-state index in [1.165, 1.54) is 0 Å². The minimum atomic E-state index is -3.74. The van der Waals surface area contributed by atoms with E-state index >= 15 is 0 Å². The second-order valence-corrected chi connectivity index (χ2v) is 8.34. The maximum Gasteiger partial charge on any atom is 0.276 e. The number of para-hydroxylation sites is 1. The number of sulfonamides is 1. The van der Waals surface area contributed by atoms with Crippen molar-refractivity contribution in [3.05, 3.63) is 95.6 Å². The predicted molar refractivity (Wildman–Crippen MR) is 109 cm³/mol. The molecule has 4 rings (SSSR count). The van der Waals surface area contributed by atoms with E-state index in [0.29, 0.717) is 17.9 Å². The van der Waals surface area contributed by atoms with Crippen molar-refractivity contribution < 1.29 is 13.2 Å². The summed E-state index contributed by atoms with van der Waals surface area (Å²) < 4.78 is 31.3. The highest BCUT2D eigenvalue weighted by atomic mass is 32.2. The first kappa shape index (κ1) is 18.3. The minimum absolute atomic E-state index is 0.183. The monoisotopic (exact) mass is 392 g/mol. The van der Waals surface area contributed by atoms with E-state index in [9.17, 15) is 8.42 Å². The summed E-state index contributed by atoms with van der Waals surface area (Å²) in [4.78, 5) is 2.56. The van der Waals surface area contributed by atoms with Crippen LogP contribution in [0.4, 0.5) is 0 Å². The largest absolute Gasteiger partial charge is 0.485 e. The second kappa shape index (κ2) is 7.48. The summed E-state index contributed by atoms with van der Waals surface area (Å²) in [5, 5.41) is 4.27. The summed E-state index contributed by atoms with van der Waals surface area (Å²) in [5.41, 5.74) is 3.45. The van der Waals surface area contributed by atoms with Crippen LogP contribution in [0, 0.1) is 6.92 Å². The zero-order valence-corrected chi connectivity index (χ0v) is 16.2. The fourth-order valence-corrected chi connectivity index (χ4v) is 3.96. The van der Waals surface area contributed by atoms with Gasteiger partial charge in [0.1, 0.15) is 11.9 Å². The smallest absolute Gasteiger partial charge is 0.276 e. The average Bonchev–Trinajstić information content (AvgIpc) is 2.73. The average molecular weight is 392 g/mol. The Morgan fingerprint density at radius 3 is 2.36 bits per heavy atom. The number of hydrogen-bond acceptors (Lipinski definition) is 4. The molecule has 0 radical (unpaired) electrons. The van der Waals surface area contributed by atoms with Gasteiger partial charge in [-0.25, -0.2) is 0 Å². The van der Waals surface area contributed by atoms with Gasteiger partial charge in [-0.1, -0.05) is 60.2 Å². The van der Waals surface area contributed by atoms with E-state index in [4.69, 9.17) is 4.74 Å². The Morgan fingerprint density at radius 1 is 0.929 bits per heavy atom. The lowest BCUT2D eigenvalue weighted by atomic mass is 9.96. The van der Waals surface area contributed by atoms with Gasteiger partial charge >= 0.3 is 0 Å². The molecule has 0 bridgehead atoms. The molecule has 0 aliphatic carbocycles. The molecule has 1 atom stereocenters. The normalized spacial score (nSPS) is 17.6. The summed E-state index contributed by atoms with van der Waals surface area (Å²) in [6.45, 7) is 1.91. The van der Waals surface area contributed by atoms with Crippen LogP contribution >= 0.6 is 0 Å². The Morgan fingerprint density at radius 2 is 1.61 bits per heavy atom. The highest BCUT2D eigenvalue weighted by Gasteiger charge is 2.26. The van der Waals surface area contributed by atoms with Crippen LogP contribution in [0.1, 0.15) is 29.2 Å². The fraction of sp³-hybridized carbons (Fsp3) is 0.136. The van der Waals surface area contributed by atoms with Gasteiger partial charge in [-0.05, 0) is 36.8 Å². The Hall–Kier alpha value is -3.12. The molecule has 0 aromatic heterocycles. The number of nitrogens with zero attached hydrogens (tertiary/aromatic N) is 1. The quantitative estimate of drug-likeness (QED) is 0.677. The number of hydrogen-bond donors (Lipinski definition) is 1. The molecule has 0 saturated carbocycles. The Bertz CT molecular complexity index is 1110. The number of benzene rings is 3. The predicted octanol–water partition coefficient (Wildman–Crippen LogP) is 4.20. The maximum absolute atomic E-state index is 12.6. The van der Waals surface area contributed by atoms with Gasteiger partial charge in [-0.3, -0.25) is 0 Å². The van der Waals surface area contributed by atoms with Crippen molar-refractivity contribution in [3.8, 4) is 5.75 Å².